The van der Waals surface area contributed by atoms with Crippen LogP contribution in [0.4, 0.5) is 9.52 Å². The van der Waals surface area contributed by atoms with Gasteiger partial charge in [0.2, 0.25) is 5.13 Å². The summed E-state index contributed by atoms with van der Waals surface area (Å²) in [5, 5.41) is 11.2. The van der Waals surface area contributed by atoms with Crippen LogP contribution in [-0.2, 0) is 5.75 Å². The first-order valence-corrected chi connectivity index (χ1v) is 9.63. The second-order valence-electron chi connectivity index (χ2n) is 5.31. The number of thioether (sulfide) groups is 1. The van der Waals surface area contributed by atoms with Crippen LogP contribution in [0.2, 0.25) is 0 Å². The van der Waals surface area contributed by atoms with Crippen molar-refractivity contribution < 1.29 is 18.7 Å². The van der Waals surface area contributed by atoms with Crippen LogP contribution in [0.1, 0.15) is 15.9 Å². The van der Waals surface area contributed by atoms with Gasteiger partial charge < -0.3 is 9.47 Å². The number of carbonyl (C=O) groups is 1. The number of methoxy groups -OCH3 is 2. The third kappa shape index (κ3) is 4.95. The van der Waals surface area contributed by atoms with Gasteiger partial charge in [-0.15, -0.1) is 10.2 Å². The molecule has 0 saturated carbocycles. The number of amides is 1. The molecule has 0 bridgehead atoms. The molecule has 0 radical (unpaired) electrons. The minimum Gasteiger partial charge on any atom is -0.497 e. The van der Waals surface area contributed by atoms with E-state index in [2.05, 4.69) is 15.5 Å². The van der Waals surface area contributed by atoms with Crippen molar-refractivity contribution in [1.82, 2.24) is 10.2 Å². The molecule has 1 amide bonds. The van der Waals surface area contributed by atoms with Crippen molar-refractivity contribution in [3.63, 3.8) is 0 Å². The molecule has 140 valence electrons. The average Bonchev–Trinajstić information content (AvgIpc) is 3.14. The molecule has 0 unspecified atom stereocenters. The van der Waals surface area contributed by atoms with Crippen molar-refractivity contribution >= 4 is 34.1 Å². The monoisotopic (exact) mass is 405 g/mol. The summed E-state index contributed by atoms with van der Waals surface area (Å²) in [6, 6.07) is 11.2. The minimum atomic E-state index is -0.347. The first kappa shape index (κ1) is 19.1. The second kappa shape index (κ2) is 8.83. The smallest absolute Gasteiger partial charge is 0.261 e. The lowest BCUT2D eigenvalue weighted by Gasteiger charge is -2.09. The second-order valence-corrected chi connectivity index (χ2v) is 7.51. The van der Waals surface area contributed by atoms with Crippen LogP contribution >= 0.6 is 23.1 Å². The van der Waals surface area contributed by atoms with Crippen LogP contribution in [0.25, 0.3) is 0 Å². The fraction of sp³-hybridized carbons (Fsp3) is 0.167. The summed E-state index contributed by atoms with van der Waals surface area (Å²) in [4.78, 5) is 12.5. The summed E-state index contributed by atoms with van der Waals surface area (Å²) in [7, 11) is 3.03. The molecule has 9 heteroatoms. The summed E-state index contributed by atoms with van der Waals surface area (Å²) in [6.07, 6.45) is 0. The lowest BCUT2D eigenvalue weighted by molar-refractivity contribution is 0.102. The zero-order valence-corrected chi connectivity index (χ0v) is 16.2. The standard InChI is InChI=1S/C18H16FN3O3S2/c1-24-13-7-8-14(15(9-13)25-2)16(23)20-17-21-22-18(27-17)26-10-11-3-5-12(19)6-4-11/h3-9H,10H2,1-2H3,(H,20,21,23). The Bertz CT molecular complexity index is 932. The van der Waals surface area contributed by atoms with Gasteiger partial charge in [0, 0.05) is 11.8 Å². The molecule has 0 aliphatic carbocycles. The van der Waals surface area contributed by atoms with Crippen molar-refractivity contribution in [3.05, 3.63) is 59.4 Å². The molecule has 0 atom stereocenters. The Kier molecular flexibility index (Phi) is 6.25. The first-order valence-electron chi connectivity index (χ1n) is 7.83. The SMILES string of the molecule is COc1ccc(C(=O)Nc2nnc(SCc3ccc(F)cc3)s2)c(OC)c1. The molecule has 3 rings (SSSR count). The van der Waals surface area contributed by atoms with Gasteiger partial charge in [-0.05, 0) is 29.8 Å². The largest absolute Gasteiger partial charge is 0.497 e. The third-order valence-corrected chi connectivity index (χ3v) is 5.60. The Morgan fingerprint density at radius 1 is 1.15 bits per heavy atom. The highest BCUT2D eigenvalue weighted by atomic mass is 32.2. The van der Waals surface area contributed by atoms with Crippen LogP contribution in [0.3, 0.4) is 0 Å². The third-order valence-electron chi connectivity index (χ3n) is 3.56. The van der Waals surface area contributed by atoms with Crippen LogP contribution in [0.15, 0.2) is 46.8 Å². The zero-order chi connectivity index (χ0) is 19.2. The summed E-state index contributed by atoms with van der Waals surface area (Å²) < 4.78 is 24.0. The van der Waals surface area contributed by atoms with E-state index in [1.807, 2.05) is 0 Å². The summed E-state index contributed by atoms with van der Waals surface area (Å²) >= 11 is 2.73. The Morgan fingerprint density at radius 2 is 1.93 bits per heavy atom. The average molecular weight is 405 g/mol. The van der Waals surface area contributed by atoms with Crippen molar-refractivity contribution in [1.29, 1.82) is 0 Å². The summed E-state index contributed by atoms with van der Waals surface area (Å²) in [6.45, 7) is 0. The summed E-state index contributed by atoms with van der Waals surface area (Å²) in [5.74, 6) is 1.02. The van der Waals surface area contributed by atoms with E-state index >= 15 is 0 Å². The van der Waals surface area contributed by atoms with E-state index in [1.165, 1.54) is 42.3 Å². The molecular weight excluding hydrogens is 389 g/mol. The summed E-state index contributed by atoms with van der Waals surface area (Å²) in [5.41, 5.74) is 1.35. The van der Waals surface area contributed by atoms with Crippen molar-refractivity contribution in [2.24, 2.45) is 0 Å². The topological polar surface area (TPSA) is 73.3 Å². The Labute approximate surface area is 163 Å². The van der Waals surface area contributed by atoms with E-state index in [9.17, 15) is 9.18 Å². The first-order chi connectivity index (χ1) is 13.1. The molecular formula is C18H16FN3O3S2. The van der Waals surface area contributed by atoms with Crippen LogP contribution in [-0.4, -0.2) is 30.3 Å². The molecule has 1 N–H and O–H groups in total. The Hall–Kier alpha value is -2.65. The fourth-order valence-corrected chi connectivity index (χ4v) is 3.90. The molecule has 0 fully saturated rings. The number of benzene rings is 2. The van der Waals surface area contributed by atoms with E-state index in [-0.39, 0.29) is 11.7 Å². The maximum Gasteiger partial charge on any atom is 0.261 e. The quantitative estimate of drug-likeness (QED) is 0.468. The predicted molar refractivity (Wildman–Crippen MR) is 103 cm³/mol. The van der Waals surface area contributed by atoms with Gasteiger partial charge in [0.25, 0.3) is 5.91 Å². The van der Waals surface area contributed by atoms with Gasteiger partial charge in [0.1, 0.15) is 17.3 Å². The van der Waals surface area contributed by atoms with Gasteiger partial charge in [-0.1, -0.05) is 35.2 Å². The number of aromatic nitrogens is 2. The lowest BCUT2D eigenvalue weighted by atomic mass is 10.2. The highest BCUT2D eigenvalue weighted by Crippen LogP contribution is 2.30. The zero-order valence-electron chi connectivity index (χ0n) is 14.6. The number of nitrogens with one attached hydrogen (secondary N) is 1. The molecule has 0 aliphatic heterocycles. The molecule has 2 aromatic carbocycles. The number of hydrogen-bond acceptors (Lipinski definition) is 7. The number of hydrogen-bond donors (Lipinski definition) is 1. The molecule has 0 spiro atoms. The molecule has 0 aliphatic rings. The lowest BCUT2D eigenvalue weighted by Crippen LogP contribution is -2.13. The van der Waals surface area contributed by atoms with Crippen molar-refractivity contribution in [2.45, 2.75) is 10.1 Å². The van der Waals surface area contributed by atoms with E-state index in [4.69, 9.17) is 9.47 Å². The maximum atomic E-state index is 12.9. The number of halogens is 1. The molecule has 0 saturated heterocycles. The Balaban J connectivity index is 1.63. The highest BCUT2D eigenvalue weighted by molar-refractivity contribution is 8.00. The van der Waals surface area contributed by atoms with Gasteiger partial charge in [0.05, 0.1) is 19.8 Å². The molecule has 3 aromatic rings. The Morgan fingerprint density at radius 3 is 2.63 bits per heavy atom. The number of nitrogens with zero attached hydrogens (tertiary/aromatic N) is 2. The van der Waals surface area contributed by atoms with Crippen LogP contribution in [0, 0.1) is 5.82 Å². The van der Waals surface area contributed by atoms with E-state index < -0.39 is 0 Å². The highest BCUT2D eigenvalue weighted by Gasteiger charge is 2.16. The fourth-order valence-electron chi connectivity index (χ4n) is 2.19. The van der Waals surface area contributed by atoms with E-state index in [0.717, 1.165) is 5.56 Å². The number of rotatable bonds is 7. The number of carbonyl (C=O) groups excluding carboxylic acids is 1. The van der Waals surface area contributed by atoms with Crippen LogP contribution < -0.4 is 14.8 Å². The van der Waals surface area contributed by atoms with Gasteiger partial charge in [0.15, 0.2) is 4.34 Å². The van der Waals surface area contributed by atoms with Crippen LogP contribution in [0.5, 0.6) is 11.5 Å². The normalized spacial score (nSPS) is 10.5. The van der Waals surface area contributed by atoms with Gasteiger partial charge in [-0.25, -0.2) is 4.39 Å². The molecule has 1 aromatic heterocycles. The van der Waals surface area contributed by atoms with Crippen molar-refractivity contribution in [2.75, 3.05) is 19.5 Å². The molecule has 27 heavy (non-hydrogen) atoms. The van der Waals surface area contributed by atoms with Gasteiger partial charge in [-0.2, -0.15) is 0 Å². The van der Waals surface area contributed by atoms with E-state index in [0.29, 0.717) is 32.3 Å². The van der Waals surface area contributed by atoms with Crippen molar-refractivity contribution in [3.8, 4) is 11.5 Å². The molecule has 6 nitrogen and oxygen atoms in total. The van der Waals surface area contributed by atoms with Gasteiger partial charge in [-0.3, -0.25) is 10.1 Å². The maximum absolute atomic E-state index is 12.9. The van der Waals surface area contributed by atoms with E-state index in [1.54, 1.807) is 37.4 Å². The number of ether oxygens (including phenoxy) is 2. The minimum absolute atomic E-state index is 0.265. The number of anilines is 1. The van der Waals surface area contributed by atoms with Gasteiger partial charge >= 0.3 is 0 Å². The molecule has 1 heterocycles. The predicted octanol–water partition coefficient (Wildman–Crippen LogP) is 4.24.